The molecule has 5 heteroatoms. The molecule has 1 atom stereocenters. The number of aromatic nitrogens is 2. The molecule has 2 aromatic rings. The third kappa shape index (κ3) is 3.55. The standard InChI is InChI=1S/C22H28N4O/c1-17(2)19-7-5-18(6-8-19)15-25-13-3-9-22(20(25)27)10-14-26(16-22)21-23-11-4-12-24-21/h4-8,11-12,17H,3,9-10,13-16H2,1-2H3/t22-/m1/s1. The lowest BCUT2D eigenvalue weighted by Crippen LogP contribution is -2.49. The Kier molecular flexibility index (Phi) is 4.85. The first-order valence-electron chi connectivity index (χ1n) is 9.98. The lowest BCUT2D eigenvalue weighted by molar-refractivity contribution is -0.145. The van der Waals surface area contributed by atoms with Gasteiger partial charge < -0.3 is 9.80 Å². The van der Waals surface area contributed by atoms with Crippen molar-refractivity contribution in [1.29, 1.82) is 0 Å². The summed E-state index contributed by atoms with van der Waals surface area (Å²) in [6, 6.07) is 10.5. The number of piperidine rings is 1. The van der Waals surface area contributed by atoms with E-state index in [4.69, 9.17) is 0 Å². The minimum absolute atomic E-state index is 0.269. The molecule has 1 amide bonds. The van der Waals surface area contributed by atoms with Gasteiger partial charge in [0.2, 0.25) is 11.9 Å². The van der Waals surface area contributed by atoms with Crippen LogP contribution in [0.15, 0.2) is 42.7 Å². The zero-order valence-electron chi connectivity index (χ0n) is 16.3. The third-order valence-corrected chi connectivity index (χ3v) is 6.03. The molecule has 1 aromatic heterocycles. The highest BCUT2D eigenvalue weighted by atomic mass is 16.2. The van der Waals surface area contributed by atoms with Gasteiger partial charge in [-0.15, -0.1) is 0 Å². The highest BCUT2D eigenvalue weighted by molar-refractivity contribution is 5.85. The summed E-state index contributed by atoms with van der Waals surface area (Å²) in [7, 11) is 0. The molecule has 2 aliphatic heterocycles. The van der Waals surface area contributed by atoms with Gasteiger partial charge in [0.15, 0.2) is 0 Å². The highest BCUT2D eigenvalue weighted by Crippen LogP contribution is 2.41. The maximum absolute atomic E-state index is 13.4. The molecule has 142 valence electrons. The van der Waals surface area contributed by atoms with Crippen molar-refractivity contribution >= 4 is 11.9 Å². The van der Waals surface area contributed by atoms with E-state index in [2.05, 4.69) is 57.9 Å². The summed E-state index contributed by atoms with van der Waals surface area (Å²) in [6.07, 6.45) is 6.47. The van der Waals surface area contributed by atoms with Gasteiger partial charge in [0.1, 0.15) is 0 Å². The van der Waals surface area contributed by atoms with Crippen molar-refractivity contribution in [3.8, 4) is 0 Å². The second-order valence-corrected chi connectivity index (χ2v) is 8.23. The van der Waals surface area contributed by atoms with E-state index >= 15 is 0 Å². The van der Waals surface area contributed by atoms with Gasteiger partial charge >= 0.3 is 0 Å². The SMILES string of the molecule is CC(C)c1ccc(CN2CCC[C@]3(CCN(c4ncccn4)C3)C2=O)cc1. The summed E-state index contributed by atoms with van der Waals surface area (Å²) in [6.45, 7) is 7.56. The van der Waals surface area contributed by atoms with Gasteiger partial charge in [0.05, 0.1) is 5.41 Å². The van der Waals surface area contributed by atoms with Crippen molar-refractivity contribution in [3.63, 3.8) is 0 Å². The first-order valence-corrected chi connectivity index (χ1v) is 9.98. The average Bonchev–Trinajstić information content (AvgIpc) is 3.12. The molecule has 0 saturated carbocycles. The maximum atomic E-state index is 13.4. The molecule has 2 aliphatic rings. The second-order valence-electron chi connectivity index (χ2n) is 8.23. The largest absolute Gasteiger partial charge is 0.340 e. The van der Waals surface area contributed by atoms with Crippen LogP contribution in [0.3, 0.4) is 0 Å². The molecule has 4 rings (SSSR count). The molecule has 27 heavy (non-hydrogen) atoms. The summed E-state index contributed by atoms with van der Waals surface area (Å²) in [5, 5.41) is 0. The number of rotatable bonds is 4. The van der Waals surface area contributed by atoms with Crippen LogP contribution in [0, 0.1) is 5.41 Å². The Morgan fingerprint density at radius 2 is 1.81 bits per heavy atom. The zero-order chi connectivity index (χ0) is 18.9. The minimum Gasteiger partial charge on any atom is -0.340 e. The van der Waals surface area contributed by atoms with Crippen LogP contribution in [-0.2, 0) is 11.3 Å². The third-order valence-electron chi connectivity index (χ3n) is 6.03. The first kappa shape index (κ1) is 18.0. The highest BCUT2D eigenvalue weighted by Gasteiger charge is 2.48. The monoisotopic (exact) mass is 364 g/mol. The van der Waals surface area contributed by atoms with E-state index in [1.807, 2.05) is 6.07 Å². The Balaban J connectivity index is 1.46. The Labute approximate surface area is 161 Å². The number of carbonyl (C=O) groups is 1. The van der Waals surface area contributed by atoms with Gasteiger partial charge in [0, 0.05) is 38.6 Å². The normalized spacial score (nSPS) is 22.9. The van der Waals surface area contributed by atoms with Crippen LogP contribution in [0.4, 0.5) is 5.95 Å². The Bertz CT molecular complexity index is 790. The van der Waals surface area contributed by atoms with E-state index in [9.17, 15) is 4.79 Å². The number of hydrogen-bond acceptors (Lipinski definition) is 4. The van der Waals surface area contributed by atoms with Crippen LogP contribution >= 0.6 is 0 Å². The van der Waals surface area contributed by atoms with Gasteiger partial charge in [-0.1, -0.05) is 38.1 Å². The molecule has 0 aliphatic carbocycles. The molecule has 0 N–H and O–H groups in total. The van der Waals surface area contributed by atoms with Crippen molar-refractivity contribution < 1.29 is 4.79 Å². The summed E-state index contributed by atoms with van der Waals surface area (Å²) in [5.41, 5.74) is 2.29. The van der Waals surface area contributed by atoms with Gasteiger partial charge in [-0.05, 0) is 42.4 Å². The predicted molar refractivity (Wildman–Crippen MR) is 106 cm³/mol. The van der Waals surface area contributed by atoms with Crippen LogP contribution in [0.5, 0.6) is 0 Å². The maximum Gasteiger partial charge on any atom is 0.230 e. The fourth-order valence-electron chi connectivity index (χ4n) is 4.41. The van der Waals surface area contributed by atoms with Crippen molar-refractivity contribution in [2.24, 2.45) is 5.41 Å². The summed E-state index contributed by atoms with van der Waals surface area (Å²) in [5.74, 6) is 1.58. The average molecular weight is 364 g/mol. The molecule has 1 spiro atoms. The van der Waals surface area contributed by atoms with Crippen LogP contribution in [0.2, 0.25) is 0 Å². The first-order chi connectivity index (χ1) is 13.1. The number of nitrogens with zero attached hydrogens (tertiary/aromatic N) is 4. The molecule has 0 radical (unpaired) electrons. The molecular weight excluding hydrogens is 336 g/mol. The van der Waals surface area contributed by atoms with Gasteiger partial charge in [0.25, 0.3) is 0 Å². The van der Waals surface area contributed by atoms with Crippen LogP contribution < -0.4 is 4.90 Å². The zero-order valence-corrected chi connectivity index (χ0v) is 16.3. The van der Waals surface area contributed by atoms with Crippen molar-refractivity contribution in [3.05, 3.63) is 53.9 Å². The summed E-state index contributed by atoms with van der Waals surface area (Å²) < 4.78 is 0. The van der Waals surface area contributed by atoms with Crippen LogP contribution in [-0.4, -0.2) is 40.4 Å². The van der Waals surface area contributed by atoms with Crippen molar-refractivity contribution in [2.75, 3.05) is 24.5 Å². The Morgan fingerprint density at radius 3 is 2.52 bits per heavy atom. The topological polar surface area (TPSA) is 49.3 Å². The second kappa shape index (κ2) is 7.29. The van der Waals surface area contributed by atoms with E-state index in [0.29, 0.717) is 18.4 Å². The van der Waals surface area contributed by atoms with Crippen LogP contribution in [0.1, 0.15) is 50.2 Å². The quantitative estimate of drug-likeness (QED) is 0.831. The number of amides is 1. The van der Waals surface area contributed by atoms with E-state index in [0.717, 1.165) is 44.8 Å². The molecule has 2 saturated heterocycles. The van der Waals surface area contributed by atoms with E-state index < -0.39 is 0 Å². The summed E-state index contributed by atoms with van der Waals surface area (Å²) in [4.78, 5) is 26.3. The predicted octanol–water partition coefficient (Wildman–Crippen LogP) is 3.62. The Morgan fingerprint density at radius 1 is 1.07 bits per heavy atom. The number of hydrogen-bond donors (Lipinski definition) is 0. The minimum atomic E-state index is -0.269. The van der Waals surface area contributed by atoms with Crippen molar-refractivity contribution in [2.45, 2.75) is 45.6 Å². The molecule has 0 bridgehead atoms. The molecule has 0 unspecified atom stereocenters. The fourth-order valence-corrected chi connectivity index (χ4v) is 4.41. The lowest BCUT2D eigenvalue weighted by atomic mass is 9.78. The number of likely N-dealkylation sites (tertiary alicyclic amines) is 1. The molecular formula is C22H28N4O. The van der Waals surface area contributed by atoms with E-state index in [-0.39, 0.29) is 5.41 Å². The summed E-state index contributed by atoms with van der Waals surface area (Å²) >= 11 is 0. The number of benzene rings is 1. The number of anilines is 1. The van der Waals surface area contributed by atoms with Gasteiger partial charge in [-0.25, -0.2) is 9.97 Å². The van der Waals surface area contributed by atoms with Crippen molar-refractivity contribution in [1.82, 2.24) is 14.9 Å². The van der Waals surface area contributed by atoms with E-state index in [1.54, 1.807) is 12.4 Å². The molecule has 1 aromatic carbocycles. The molecule has 5 nitrogen and oxygen atoms in total. The van der Waals surface area contributed by atoms with E-state index in [1.165, 1.54) is 11.1 Å². The molecule has 3 heterocycles. The smallest absolute Gasteiger partial charge is 0.230 e. The van der Waals surface area contributed by atoms with Gasteiger partial charge in [-0.3, -0.25) is 4.79 Å². The van der Waals surface area contributed by atoms with Crippen LogP contribution in [0.25, 0.3) is 0 Å². The molecule has 2 fully saturated rings. The lowest BCUT2D eigenvalue weighted by Gasteiger charge is -2.39. The number of carbonyl (C=O) groups excluding carboxylic acids is 1. The Hall–Kier alpha value is -2.43. The van der Waals surface area contributed by atoms with Gasteiger partial charge in [-0.2, -0.15) is 0 Å². The fraction of sp³-hybridized carbons (Fsp3) is 0.500.